The fourth-order valence-electron chi connectivity index (χ4n) is 2.53. The average molecular weight is 390 g/mol. The summed E-state index contributed by atoms with van der Waals surface area (Å²) in [5.41, 5.74) is 0.589. The van der Waals surface area contributed by atoms with Crippen LogP contribution in [0.4, 0.5) is 5.69 Å². The van der Waals surface area contributed by atoms with Gasteiger partial charge in [-0.15, -0.1) is 0 Å². The molecule has 1 aromatic rings. The van der Waals surface area contributed by atoms with Gasteiger partial charge in [-0.1, -0.05) is 11.8 Å². The third-order valence-corrected chi connectivity index (χ3v) is 5.16. The second-order valence-corrected chi connectivity index (χ2v) is 6.83. The van der Waals surface area contributed by atoms with E-state index in [1.54, 1.807) is 0 Å². The van der Waals surface area contributed by atoms with E-state index in [1.807, 2.05) is 0 Å². The van der Waals surface area contributed by atoms with E-state index in [9.17, 15) is 24.5 Å². The number of benzene rings is 1. The fraction of sp³-hybridized carbons (Fsp3) is 0.235. The Morgan fingerprint density at radius 1 is 1.37 bits per heavy atom. The van der Waals surface area contributed by atoms with Crippen molar-refractivity contribution in [3.63, 3.8) is 0 Å². The van der Waals surface area contributed by atoms with E-state index in [2.05, 4.69) is 4.74 Å². The molecule has 2 heterocycles. The molecule has 0 aliphatic carbocycles. The summed E-state index contributed by atoms with van der Waals surface area (Å²) in [4.78, 5) is 47.6. The molecular weight excluding hydrogens is 376 g/mol. The Balaban J connectivity index is 1.73. The first kappa shape index (κ1) is 18.6. The van der Waals surface area contributed by atoms with E-state index in [0.717, 1.165) is 0 Å². The maximum atomic E-state index is 12.5. The number of β-lactam (4-membered cyclic amide) rings is 1. The monoisotopic (exact) mass is 390 g/mol. The smallest absolute Gasteiger partial charge is 0.356 e. The molecule has 27 heavy (non-hydrogen) atoms. The summed E-state index contributed by atoms with van der Waals surface area (Å²) in [6.45, 7) is -0.105. The maximum Gasteiger partial charge on any atom is 0.356 e. The van der Waals surface area contributed by atoms with Crippen molar-refractivity contribution >= 4 is 35.3 Å². The lowest BCUT2D eigenvalue weighted by molar-refractivity contribution is -0.384. The van der Waals surface area contributed by atoms with Crippen LogP contribution in [-0.2, 0) is 30.5 Å². The zero-order valence-corrected chi connectivity index (χ0v) is 14.9. The highest BCUT2D eigenvalue weighted by molar-refractivity contribution is 8.04. The number of methoxy groups -OCH3 is 1. The van der Waals surface area contributed by atoms with Crippen LogP contribution < -0.4 is 0 Å². The van der Waals surface area contributed by atoms with Crippen molar-refractivity contribution in [3.8, 4) is 0 Å². The predicted molar refractivity (Wildman–Crippen MR) is 93.9 cm³/mol. The quantitative estimate of drug-likeness (QED) is 0.238. The molecule has 2 aliphatic heterocycles. The number of nitro groups is 1. The normalized spacial score (nSPS) is 18.3. The Labute approximate surface area is 157 Å². The Hall–Kier alpha value is -3.14. The van der Waals surface area contributed by atoms with Crippen LogP contribution in [0.3, 0.4) is 0 Å². The second-order valence-electron chi connectivity index (χ2n) is 5.61. The number of hydrogen-bond donors (Lipinski definition) is 0. The lowest BCUT2D eigenvalue weighted by Gasteiger charge is -2.34. The average Bonchev–Trinajstić information content (AvgIpc) is 2.96. The van der Waals surface area contributed by atoms with Gasteiger partial charge in [0.05, 0.1) is 23.8 Å². The Morgan fingerprint density at radius 2 is 2.07 bits per heavy atom. The number of rotatable bonds is 6. The van der Waals surface area contributed by atoms with Gasteiger partial charge >= 0.3 is 11.9 Å². The number of ether oxygens (including phenoxy) is 2. The molecule has 1 aromatic carbocycles. The summed E-state index contributed by atoms with van der Waals surface area (Å²) >= 11 is 1.29. The van der Waals surface area contributed by atoms with Gasteiger partial charge in [0.25, 0.3) is 5.69 Å². The number of hydrogen-bond acceptors (Lipinski definition) is 8. The van der Waals surface area contributed by atoms with Gasteiger partial charge in [-0.3, -0.25) is 19.8 Å². The number of carbonyl (C=O) groups excluding carboxylic acids is 3. The van der Waals surface area contributed by atoms with Crippen molar-refractivity contribution in [3.05, 3.63) is 62.7 Å². The first-order valence-electron chi connectivity index (χ1n) is 7.80. The number of non-ortho nitro benzene ring substituents is 1. The number of amides is 1. The van der Waals surface area contributed by atoms with Crippen LogP contribution in [0.15, 0.2) is 47.0 Å². The highest BCUT2D eigenvalue weighted by atomic mass is 32.2. The van der Waals surface area contributed by atoms with Gasteiger partial charge in [-0.2, -0.15) is 0 Å². The first-order chi connectivity index (χ1) is 12.9. The number of nitro benzene ring substituents is 1. The molecule has 1 amide bonds. The minimum absolute atomic E-state index is 0.0655. The highest BCUT2D eigenvalue weighted by Crippen LogP contribution is 2.46. The van der Waals surface area contributed by atoms with E-state index < -0.39 is 16.9 Å². The summed E-state index contributed by atoms with van der Waals surface area (Å²) in [6, 6.07) is 5.60. The third kappa shape index (κ3) is 3.85. The number of esters is 2. The second kappa shape index (κ2) is 7.62. The van der Waals surface area contributed by atoms with Crippen LogP contribution >= 0.6 is 11.8 Å². The molecule has 0 bridgehead atoms. The molecule has 0 saturated carbocycles. The van der Waals surface area contributed by atoms with Crippen molar-refractivity contribution in [1.29, 1.82) is 0 Å². The summed E-state index contributed by atoms with van der Waals surface area (Å²) in [6.07, 6.45) is 2.90. The number of thioether (sulfide) groups is 1. The zero-order chi connectivity index (χ0) is 19.6. The summed E-state index contributed by atoms with van der Waals surface area (Å²) in [5, 5.41) is 10.5. The minimum Gasteiger partial charge on any atom is -0.466 e. The van der Waals surface area contributed by atoms with Gasteiger partial charge in [0, 0.05) is 23.1 Å². The molecule has 9 nitrogen and oxygen atoms in total. The largest absolute Gasteiger partial charge is 0.466 e. The van der Waals surface area contributed by atoms with Crippen molar-refractivity contribution in [2.45, 2.75) is 18.4 Å². The topological polar surface area (TPSA) is 116 Å². The Bertz CT molecular complexity index is 876. The number of fused-ring (bicyclic) bond motifs is 1. The van der Waals surface area contributed by atoms with Gasteiger partial charge in [0.2, 0.25) is 5.91 Å². The molecule has 10 heteroatoms. The minimum atomic E-state index is -0.707. The molecule has 1 fully saturated rings. The molecular formula is C17H14N2O7S. The molecule has 3 rings (SSSR count). The van der Waals surface area contributed by atoms with Crippen LogP contribution in [0.5, 0.6) is 0 Å². The number of carbonyl (C=O) groups is 3. The third-order valence-electron chi connectivity index (χ3n) is 3.93. The molecule has 0 N–H and O–H groups in total. The Morgan fingerprint density at radius 3 is 2.67 bits per heavy atom. The van der Waals surface area contributed by atoms with Gasteiger partial charge < -0.3 is 9.47 Å². The van der Waals surface area contributed by atoms with Gasteiger partial charge in [0.15, 0.2) is 0 Å². The number of nitrogens with zero attached hydrogens (tertiary/aromatic N) is 2. The maximum absolute atomic E-state index is 12.5. The van der Waals surface area contributed by atoms with Crippen molar-refractivity contribution < 1.29 is 28.8 Å². The summed E-state index contributed by atoms with van der Waals surface area (Å²) in [7, 11) is 1.24. The lowest BCUT2D eigenvalue weighted by atomic mass is 10.1. The number of allylic oxidation sites excluding steroid dienone is 1. The molecule has 0 unspecified atom stereocenters. The molecule has 140 valence electrons. The van der Waals surface area contributed by atoms with Crippen molar-refractivity contribution in [2.24, 2.45) is 0 Å². The lowest BCUT2D eigenvalue weighted by Crippen LogP contribution is -2.48. The molecule has 0 spiro atoms. The van der Waals surface area contributed by atoms with Crippen molar-refractivity contribution in [1.82, 2.24) is 4.90 Å². The Kier molecular flexibility index (Phi) is 5.26. The van der Waals surface area contributed by atoms with Crippen molar-refractivity contribution in [2.75, 3.05) is 7.11 Å². The van der Waals surface area contributed by atoms with E-state index in [-0.39, 0.29) is 29.3 Å². The van der Waals surface area contributed by atoms with E-state index >= 15 is 0 Å². The zero-order valence-electron chi connectivity index (χ0n) is 14.1. The molecule has 2 aliphatic rings. The predicted octanol–water partition coefficient (Wildman–Crippen LogP) is 1.88. The van der Waals surface area contributed by atoms with Gasteiger partial charge in [0.1, 0.15) is 12.3 Å². The van der Waals surface area contributed by atoms with Crippen LogP contribution in [0.1, 0.15) is 12.0 Å². The van der Waals surface area contributed by atoms with E-state index in [4.69, 9.17) is 4.74 Å². The van der Waals surface area contributed by atoms with E-state index in [1.165, 1.54) is 60.2 Å². The van der Waals surface area contributed by atoms with Crippen LogP contribution in [0.25, 0.3) is 0 Å². The molecule has 1 saturated heterocycles. The van der Waals surface area contributed by atoms with Crippen LogP contribution in [0.2, 0.25) is 0 Å². The van der Waals surface area contributed by atoms with Crippen LogP contribution in [-0.4, -0.2) is 40.2 Å². The first-order valence-corrected chi connectivity index (χ1v) is 8.68. The SMILES string of the molecule is COC(=O)/C=C/C1=C(C(=O)OCc2ccc([N+](=O)[O-])cc2)N2C(=O)C[C@@H]2S1. The highest BCUT2D eigenvalue weighted by Gasteiger charge is 2.48. The molecule has 0 radical (unpaired) electrons. The summed E-state index contributed by atoms with van der Waals surface area (Å²) < 4.78 is 9.78. The summed E-state index contributed by atoms with van der Waals surface area (Å²) in [5.74, 6) is -1.49. The molecule has 1 atom stereocenters. The van der Waals surface area contributed by atoms with Gasteiger partial charge in [-0.25, -0.2) is 9.59 Å². The standard InChI is InChI=1S/C17H14N2O7S/c1-25-15(21)7-6-12-16(18-13(20)8-14(18)27-12)17(22)26-9-10-2-4-11(5-3-10)19(23)24/h2-7,14H,8-9H2,1H3/b7-6+/t14-/m0/s1. The van der Waals surface area contributed by atoms with E-state index in [0.29, 0.717) is 16.9 Å². The van der Waals surface area contributed by atoms with Crippen LogP contribution in [0, 0.1) is 10.1 Å². The van der Waals surface area contributed by atoms with Gasteiger partial charge in [-0.05, 0) is 23.8 Å². The molecule has 0 aromatic heterocycles. The fourth-order valence-corrected chi connectivity index (χ4v) is 3.82.